The van der Waals surface area contributed by atoms with Gasteiger partial charge in [-0.05, 0) is 40.1 Å². The van der Waals surface area contributed by atoms with E-state index in [4.69, 9.17) is 24.7 Å². The largest absolute Gasteiger partial charge is 0.508 e. The molecule has 1 saturated heterocycles. The summed E-state index contributed by atoms with van der Waals surface area (Å²) in [5, 5.41) is 35.2. The number of nitrogen functional groups attached to an aromatic ring is 1. The van der Waals surface area contributed by atoms with Gasteiger partial charge in [-0.15, -0.1) is 0 Å². The second kappa shape index (κ2) is 10.4. The summed E-state index contributed by atoms with van der Waals surface area (Å²) in [6.07, 6.45) is -4.85. The first-order valence-electron chi connectivity index (χ1n) is 10.7. The predicted octanol–water partition coefficient (Wildman–Crippen LogP) is -0.814. The number of anilines is 1. The molecule has 1 unspecified atom stereocenters. The Morgan fingerprint density at radius 2 is 2.06 bits per heavy atom. The van der Waals surface area contributed by atoms with Gasteiger partial charge in [0.25, 0.3) is 0 Å². The number of carbonyl (C=O) groups excluding carboxylic acids is 2. The quantitative estimate of drug-likeness (QED) is 0.387. The van der Waals surface area contributed by atoms with Crippen molar-refractivity contribution in [3.05, 3.63) is 24.2 Å². The van der Waals surface area contributed by atoms with E-state index in [1.165, 1.54) is 21.8 Å². The lowest BCUT2D eigenvalue weighted by molar-refractivity contribution is -0.154. The molecule has 14 nitrogen and oxygen atoms in total. The van der Waals surface area contributed by atoms with E-state index in [0.717, 1.165) is 0 Å². The van der Waals surface area contributed by atoms with Crippen LogP contribution in [0.25, 0.3) is 5.52 Å². The number of likely N-dealkylation sites (N-methyl/N-ethyl adjacent to an activating group) is 1. The van der Waals surface area contributed by atoms with Crippen LogP contribution in [0.1, 0.15) is 19.5 Å². The van der Waals surface area contributed by atoms with Crippen LogP contribution in [0.4, 0.5) is 10.6 Å². The number of fused-ring (bicyclic) bond motifs is 1. The van der Waals surface area contributed by atoms with Crippen molar-refractivity contribution in [1.82, 2.24) is 19.5 Å². The van der Waals surface area contributed by atoms with Crippen LogP contribution >= 0.6 is 0 Å². The summed E-state index contributed by atoms with van der Waals surface area (Å²) in [6.45, 7) is 2.51. The number of nitriles is 1. The highest BCUT2D eigenvalue weighted by molar-refractivity contribution is 5.76. The highest BCUT2D eigenvalue weighted by Crippen LogP contribution is 2.40. The highest BCUT2D eigenvalue weighted by atomic mass is 16.7. The van der Waals surface area contributed by atoms with Gasteiger partial charge < -0.3 is 34.9 Å². The lowest BCUT2D eigenvalue weighted by Gasteiger charge is -2.24. The molecule has 1 fully saturated rings. The number of esters is 1. The first-order chi connectivity index (χ1) is 16.5. The van der Waals surface area contributed by atoms with Gasteiger partial charge >= 0.3 is 12.1 Å². The zero-order valence-corrected chi connectivity index (χ0v) is 19.7. The van der Waals surface area contributed by atoms with E-state index in [9.17, 15) is 25.1 Å². The standard InChI is InChI=1S/C21H28N6O8/c1-11(2)34-19(30)13(26(3)4)7-32-20(31)33-8-14-16(28)17(29)21(9-22,35-14)15-6-5-12-18(23)24-10-25-27(12)15/h5-6,10-11,13-14,16-17,28-29H,7-8H2,1-4H3,(H2,23,24,25)/t13?,14-,16-,17-,21+/m1/s1. The van der Waals surface area contributed by atoms with Crippen LogP contribution in [0.3, 0.4) is 0 Å². The fourth-order valence-electron chi connectivity index (χ4n) is 3.63. The Balaban J connectivity index is 1.66. The van der Waals surface area contributed by atoms with E-state index in [0.29, 0.717) is 5.52 Å². The van der Waals surface area contributed by atoms with Gasteiger partial charge in [0.15, 0.2) is 5.82 Å². The molecule has 35 heavy (non-hydrogen) atoms. The van der Waals surface area contributed by atoms with Crippen molar-refractivity contribution in [3.8, 4) is 6.07 Å². The number of nitrogens with two attached hydrogens (primary N) is 1. The van der Waals surface area contributed by atoms with E-state index in [1.807, 2.05) is 6.07 Å². The molecule has 0 radical (unpaired) electrons. The zero-order valence-electron chi connectivity index (χ0n) is 19.7. The van der Waals surface area contributed by atoms with Crippen LogP contribution in [-0.2, 0) is 29.3 Å². The number of aromatic nitrogens is 3. The Labute approximate surface area is 200 Å². The first kappa shape index (κ1) is 26.1. The summed E-state index contributed by atoms with van der Waals surface area (Å²) >= 11 is 0. The molecule has 5 atom stereocenters. The van der Waals surface area contributed by atoms with Gasteiger partial charge in [-0.3, -0.25) is 9.69 Å². The molecule has 2 aromatic rings. The maximum Gasteiger partial charge on any atom is 0.508 e. The maximum absolute atomic E-state index is 12.2. The number of hydrogen-bond donors (Lipinski definition) is 3. The molecule has 190 valence electrons. The maximum atomic E-state index is 12.2. The Morgan fingerprint density at radius 3 is 2.69 bits per heavy atom. The smallest absolute Gasteiger partial charge is 0.462 e. The van der Waals surface area contributed by atoms with Crippen molar-refractivity contribution < 1.29 is 38.7 Å². The molecule has 1 aliphatic heterocycles. The molecule has 3 heterocycles. The topological polar surface area (TPSA) is 195 Å². The normalized spacial score (nSPS) is 24.9. The fraction of sp³-hybridized carbons (Fsp3) is 0.571. The molecule has 2 aromatic heterocycles. The molecule has 0 aliphatic carbocycles. The summed E-state index contributed by atoms with van der Waals surface area (Å²) < 4.78 is 22.1. The number of ether oxygens (including phenoxy) is 4. The van der Waals surface area contributed by atoms with Gasteiger partial charge in [0.05, 0.1) is 11.8 Å². The van der Waals surface area contributed by atoms with E-state index in [-0.39, 0.29) is 24.2 Å². The molecule has 1 aliphatic rings. The van der Waals surface area contributed by atoms with Crippen LogP contribution in [0.5, 0.6) is 0 Å². The van der Waals surface area contributed by atoms with Gasteiger partial charge in [-0.25, -0.2) is 14.3 Å². The minimum Gasteiger partial charge on any atom is -0.462 e. The van der Waals surface area contributed by atoms with E-state index in [2.05, 4.69) is 10.1 Å². The van der Waals surface area contributed by atoms with E-state index in [1.54, 1.807) is 34.0 Å². The molecular formula is C21H28N6O8. The van der Waals surface area contributed by atoms with Crippen molar-refractivity contribution in [2.24, 2.45) is 0 Å². The second-order valence-corrected chi connectivity index (χ2v) is 8.44. The zero-order chi connectivity index (χ0) is 25.9. The van der Waals surface area contributed by atoms with Crippen molar-refractivity contribution in [1.29, 1.82) is 5.26 Å². The number of carbonyl (C=O) groups is 2. The first-order valence-corrected chi connectivity index (χ1v) is 10.7. The van der Waals surface area contributed by atoms with Crippen LogP contribution in [0, 0.1) is 11.3 Å². The minimum absolute atomic E-state index is 0.109. The number of aliphatic hydroxyl groups excluding tert-OH is 2. The van der Waals surface area contributed by atoms with E-state index >= 15 is 0 Å². The Bertz CT molecular complexity index is 1110. The number of aliphatic hydroxyl groups is 2. The van der Waals surface area contributed by atoms with Crippen LogP contribution < -0.4 is 5.73 Å². The summed E-state index contributed by atoms with van der Waals surface area (Å²) in [5.74, 6) is -0.429. The van der Waals surface area contributed by atoms with Gasteiger partial charge in [-0.1, -0.05) is 0 Å². The number of hydrogen-bond acceptors (Lipinski definition) is 13. The molecular weight excluding hydrogens is 464 g/mol. The number of rotatable bonds is 8. The average Bonchev–Trinajstić information content (AvgIpc) is 3.33. The Morgan fingerprint density at radius 1 is 1.34 bits per heavy atom. The molecule has 4 N–H and O–H groups in total. The third-order valence-corrected chi connectivity index (χ3v) is 5.46. The predicted molar refractivity (Wildman–Crippen MR) is 118 cm³/mol. The third-order valence-electron chi connectivity index (χ3n) is 5.46. The second-order valence-electron chi connectivity index (χ2n) is 8.44. The molecule has 0 aromatic carbocycles. The minimum atomic E-state index is -2.03. The van der Waals surface area contributed by atoms with Gasteiger partial charge in [0.1, 0.15) is 55.5 Å². The fourth-order valence-corrected chi connectivity index (χ4v) is 3.63. The van der Waals surface area contributed by atoms with Gasteiger partial charge in [0, 0.05) is 0 Å². The lowest BCUT2D eigenvalue weighted by atomic mass is 9.92. The average molecular weight is 492 g/mol. The van der Waals surface area contributed by atoms with Crippen molar-refractivity contribution in [3.63, 3.8) is 0 Å². The summed E-state index contributed by atoms with van der Waals surface area (Å²) in [4.78, 5) is 29.7. The SMILES string of the molecule is CC(C)OC(=O)C(COC(=O)OC[C@H]1O[C@@](C#N)(c2ccc3c(N)ncnn23)[C@H](O)[C@@H]1O)N(C)C. The molecule has 0 amide bonds. The summed E-state index contributed by atoms with van der Waals surface area (Å²) in [5.41, 5.74) is 4.28. The lowest BCUT2D eigenvalue weighted by Crippen LogP contribution is -2.42. The Hall–Kier alpha value is -3.51. The number of nitrogens with zero attached hydrogens (tertiary/aromatic N) is 5. The van der Waals surface area contributed by atoms with Gasteiger partial charge in [-0.2, -0.15) is 10.4 Å². The van der Waals surface area contributed by atoms with Crippen LogP contribution in [-0.4, -0.2) is 99.6 Å². The third kappa shape index (κ3) is 5.13. The molecule has 3 rings (SSSR count). The van der Waals surface area contributed by atoms with Gasteiger partial charge in [0.2, 0.25) is 5.60 Å². The van der Waals surface area contributed by atoms with Crippen molar-refractivity contribution >= 4 is 23.5 Å². The molecule has 0 bridgehead atoms. The molecule has 0 saturated carbocycles. The van der Waals surface area contributed by atoms with Crippen LogP contribution in [0.2, 0.25) is 0 Å². The van der Waals surface area contributed by atoms with Crippen molar-refractivity contribution in [2.45, 2.75) is 49.9 Å². The van der Waals surface area contributed by atoms with Crippen molar-refractivity contribution in [2.75, 3.05) is 33.0 Å². The van der Waals surface area contributed by atoms with Crippen LogP contribution in [0.15, 0.2) is 18.5 Å². The molecule has 14 heteroatoms. The Kier molecular flexibility index (Phi) is 7.76. The summed E-state index contributed by atoms with van der Waals surface area (Å²) in [6, 6.07) is 4.04. The highest BCUT2D eigenvalue weighted by Gasteiger charge is 2.57. The van der Waals surface area contributed by atoms with E-state index < -0.39 is 48.7 Å². The monoisotopic (exact) mass is 492 g/mol. The molecule has 0 spiro atoms. The summed E-state index contributed by atoms with van der Waals surface area (Å²) in [7, 11) is 3.24.